The van der Waals surface area contributed by atoms with Crippen molar-refractivity contribution in [1.29, 1.82) is 0 Å². The Bertz CT molecular complexity index is 1510. The van der Waals surface area contributed by atoms with Gasteiger partial charge in [-0.3, -0.25) is 9.10 Å². The molecule has 190 valence electrons. The largest absolute Gasteiger partial charge is 0.417 e. The number of hydrogen-bond acceptors (Lipinski definition) is 3. The predicted octanol–water partition coefficient (Wildman–Crippen LogP) is 6.86. The molecular formula is C27H20ClF3N2O3S. The van der Waals surface area contributed by atoms with Gasteiger partial charge in [-0.15, -0.1) is 0 Å². The van der Waals surface area contributed by atoms with Crippen LogP contribution in [0.25, 0.3) is 11.1 Å². The van der Waals surface area contributed by atoms with Crippen molar-refractivity contribution in [3.8, 4) is 11.1 Å². The summed E-state index contributed by atoms with van der Waals surface area (Å²) in [5.41, 5.74) is 0.365. The quantitative estimate of drug-likeness (QED) is 0.276. The molecule has 4 rings (SSSR count). The van der Waals surface area contributed by atoms with E-state index < -0.39 is 39.2 Å². The molecule has 0 aliphatic heterocycles. The molecule has 0 aliphatic carbocycles. The molecule has 4 aromatic carbocycles. The van der Waals surface area contributed by atoms with Gasteiger partial charge in [0.05, 0.1) is 21.2 Å². The van der Waals surface area contributed by atoms with Gasteiger partial charge < -0.3 is 5.32 Å². The summed E-state index contributed by atoms with van der Waals surface area (Å²) in [4.78, 5) is 13.0. The Morgan fingerprint density at radius 1 is 0.838 bits per heavy atom. The molecule has 10 heteroatoms. The first-order valence-corrected chi connectivity index (χ1v) is 12.8. The van der Waals surface area contributed by atoms with Gasteiger partial charge in [0.2, 0.25) is 5.91 Å². The van der Waals surface area contributed by atoms with Crippen LogP contribution in [-0.2, 0) is 21.0 Å². The van der Waals surface area contributed by atoms with E-state index in [4.69, 9.17) is 11.6 Å². The maximum Gasteiger partial charge on any atom is 0.417 e. The third-order valence-corrected chi connectivity index (χ3v) is 7.57. The van der Waals surface area contributed by atoms with E-state index in [-0.39, 0.29) is 10.6 Å². The molecule has 0 radical (unpaired) electrons. The van der Waals surface area contributed by atoms with Gasteiger partial charge >= 0.3 is 6.18 Å². The highest BCUT2D eigenvalue weighted by atomic mass is 35.5. The predicted molar refractivity (Wildman–Crippen MR) is 138 cm³/mol. The van der Waals surface area contributed by atoms with Gasteiger partial charge in [-0.05, 0) is 42.0 Å². The van der Waals surface area contributed by atoms with Crippen molar-refractivity contribution in [3.05, 3.63) is 114 Å². The summed E-state index contributed by atoms with van der Waals surface area (Å²) in [6.07, 6.45) is -4.83. The summed E-state index contributed by atoms with van der Waals surface area (Å²) < 4.78 is 68.2. The minimum atomic E-state index is -4.83. The molecular weight excluding hydrogens is 525 g/mol. The number of hydrogen-bond donors (Lipinski definition) is 1. The number of sulfonamides is 1. The Kier molecular flexibility index (Phi) is 7.56. The number of nitrogens with one attached hydrogen (secondary N) is 1. The van der Waals surface area contributed by atoms with E-state index >= 15 is 0 Å². The minimum Gasteiger partial charge on any atom is -0.324 e. The molecule has 37 heavy (non-hydrogen) atoms. The minimum absolute atomic E-state index is 0.184. The van der Waals surface area contributed by atoms with Crippen LogP contribution in [0.5, 0.6) is 0 Å². The van der Waals surface area contributed by atoms with Gasteiger partial charge in [-0.2, -0.15) is 13.2 Å². The number of halogens is 4. The van der Waals surface area contributed by atoms with Crippen LogP contribution in [0.15, 0.2) is 108 Å². The molecule has 0 bridgehead atoms. The first-order valence-electron chi connectivity index (χ1n) is 11.0. The summed E-state index contributed by atoms with van der Waals surface area (Å²) in [5.74, 6) is -0.744. The average molecular weight is 545 g/mol. The number of amides is 1. The van der Waals surface area contributed by atoms with E-state index in [0.717, 1.165) is 17.7 Å². The maximum atomic E-state index is 13.5. The first kappa shape index (κ1) is 26.2. The lowest BCUT2D eigenvalue weighted by atomic mass is 10.0. The van der Waals surface area contributed by atoms with Crippen molar-refractivity contribution < 1.29 is 26.4 Å². The van der Waals surface area contributed by atoms with E-state index in [0.29, 0.717) is 21.6 Å². The van der Waals surface area contributed by atoms with Crippen LogP contribution in [0, 0.1) is 0 Å². The van der Waals surface area contributed by atoms with Crippen LogP contribution >= 0.6 is 11.6 Å². The van der Waals surface area contributed by atoms with Crippen molar-refractivity contribution in [2.75, 3.05) is 16.2 Å². The topological polar surface area (TPSA) is 66.5 Å². The van der Waals surface area contributed by atoms with Crippen LogP contribution < -0.4 is 9.62 Å². The van der Waals surface area contributed by atoms with Gasteiger partial charge in [-0.1, -0.05) is 78.3 Å². The molecule has 0 saturated carbocycles. The smallest absolute Gasteiger partial charge is 0.324 e. The highest BCUT2D eigenvalue weighted by Gasteiger charge is 2.35. The standard InChI is InChI=1S/C27H20ClF3N2O3S/c28-24-16-15-20(17-23(24)27(29,30)31)33(37(35,36)21-11-5-2-6-12-21)18-26(34)32-25-14-8-7-13-22(25)19-9-3-1-4-10-19/h1-17H,18H2,(H,32,34). The zero-order valence-corrected chi connectivity index (χ0v) is 20.7. The van der Waals surface area contributed by atoms with Crippen LogP contribution in [0.2, 0.25) is 5.02 Å². The third-order valence-electron chi connectivity index (χ3n) is 5.45. The Labute approximate surface area is 217 Å². The molecule has 0 heterocycles. The van der Waals surface area contributed by atoms with Crippen molar-refractivity contribution in [1.82, 2.24) is 0 Å². The van der Waals surface area contributed by atoms with Crippen molar-refractivity contribution in [3.63, 3.8) is 0 Å². The fourth-order valence-corrected chi connectivity index (χ4v) is 5.36. The van der Waals surface area contributed by atoms with E-state index in [1.165, 1.54) is 24.3 Å². The zero-order valence-electron chi connectivity index (χ0n) is 19.1. The normalized spacial score (nSPS) is 11.7. The molecule has 0 atom stereocenters. The molecule has 1 amide bonds. The van der Waals surface area contributed by atoms with Gasteiger partial charge in [0.15, 0.2) is 0 Å². The maximum absolute atomic E-state index is 13.5. The Morgan fingerprint density at radius 2 is 1.43 bits per heavy atom. The second-order valence-corrected chi connectivity index (χ2v) is 10.2. The van der Waals surface area contributed by atoms with Crippen LogP contribution in [-0.4, -0.2) is 20.9 Å². The van der Waals surface area contributed by atoms with E-state index in [1.807, 2.05) is 30.3 Å². The van der Waals surface area contributed by atoms with Crippen molar-refractivity contribution in [2.45, 2.75) is 11.1 Å². The van der Waals surface area contributed by atoms with Crippen molar-refractivity contribution in [2.24, 2.45) is 0 Å². The highest BCUT2D eigenvalue weighted by molar-refractivity contribution is 7.92. The molecule has 1 N–H and O–H groups in total. The third kappa shape index (κ3) is 5.95. The second kappa shape index (κ2) is 10.7. The lowest BCUT2D eigenvalue weighted by Gasteiger charge is -2.25. The molecule has 5 nitrogen and oxygen atoms in total. The number of carbonyl (C=O) groups is 1. The van der Waals surface area contributed by atoms with Gasteiger partial charge in [0, 0.05) is 11.3 Å². The van der Waals surface area contributed by atoms with E-state index in [1.54, 1.807) is 30.3 Å². The molecule has 0 unspecified atom stereocenters. The molecule has 0 saturated heterocycles. The number of para-hydroxylation sites is 1. The number of alkyl halides is 3. The summed E-state index contributed by atoms with van der Waals surface area (Å²) in [7, 11) is -4.42. The molecule has 0 fully saturated rings. The number of nitrogens with zero attached hydrogens (tertiary/aromatic N) is 1. The molecule has 0 spiro atoms. The average Bonchev–Trinajstić information content (AvgIpc) is 2.88. The Morgan fingerprint density at radius 3 is 2.08 bits per heavy atom. The number of anilines is 2. The molecule has 4 aromatic rings. The van der Waals surface area contributed by atoms with Crippen LogP contribution in [0.4, 0.5) is 24.5 Å². The van der Waals surface area contributed by atoms with Gasteiger partial charge in [0.1, 0.15) is 6.54 Å². The summed E-state index contributed by atoms with van der Waals surface area (Å²) in [6.45, 7) is -0.778. The van der Waals surface area contributed by atoms with Crippen molar-refractivity contribution >= 4 is 38.9 Å². The van der Waals surface area contributed by atoms with Gasteiger partial charge in [-0.25, -0.2) is 8.42 Å². The van der Waals surface area contributed by atoms with Gasteiger partial charge in [0.25, 0.3) is 10.0 Å². The number of benzene rings is 4. The fraction of sp³-hybridized carbons (Fsp3) is 0.0741. The summed E-state index contributed by atoms with van der Waals surface area (Å²) in [6, 6.07) is 26.0. The number of carbonyl (C=O) groups excluding carboxylic acids is 1. The lowest BCUT2D eigenvalue weighted by Crippen LogP contribution is -2.38. The Hall–Kier alpha value is -3.82. The monoisotopic (exact) mass is 544 g/mol. The fourth-order valence-electron chi connectivity index (χ4n) is 3.70. The summed E-state index contributed by atoms with van der Waals surface area (Å²) in [5, 5.41) is 2.11. The molecule has 0 aliphatic rings. The van der Waals surface area contributed by atoms with Crippen LogP contribution in [0.3, 0.4) is 0 Å². The summed E-state index contributed by atoms with van der Waals surface area (Å²) >= 11 is 5.74. The van der Waals surface area contributed by atoms with Crippen LogP contribution in [0.1, 0.15) is 5.56 Å². The molecule has 0 aromatic heterocycles. The first-order chi connectivity index (χ1) is 17.6. The SMILES string of the molecule is O=C(CN(c1ccc(Cl)c(C(F)(F)F)c1)S(=O)(=O)c1ccccc1)Nc1ccccc1-c1ccccc1. The van der Waals surface area contributed by atoms with E-state index in [2.05, 4.69) is 5.32 Å². The van der Waals surface area contributed by atoms with E-state index in [9.17, 15) is 26.4 Å². The number of rotatable bonds is 7. The second-order valence-electron chi connectivity index (χ2n) is 7.95. The highest BCUT2D eigenvalue weighted by Crippen LogP contribution is 2.38. The Balaban J connectivity index is 1.73. The zero-order chi connectivity index (χ0) is 26.6. The lowest BCUT2D eigenvalue weighted by molar-refractivity contribution is -0.137.